The molecule has 3 heterocycles. The molecule has 25 heavy (non-hydrogen) atoms. The Morgan fingerprint density at radius 1 is 1.00 bits per heavy atom. The largest absolute Gasteiger partial charge is 0.408 e. The molecule has 0 N–H and O–H groups in total. The predicted octanol–water partition coefficient (Wildman–Crippen LogP) is 1.69. The summed E-state index contributed by atoms with van der Waals surface area (Å²) >= 11 is 0. The normalized spacial score (nSPS) is 24.3. The molecule has 2 aliphatic heterocycles. The van der Waals surface area contributed by atoms with E-state index in [1.54, 1.807) is 0 Å². The topological polar surface area (TPSA) is 50.1 Å². The van der Waals surface area contributed by atoms with Crippen LogP contribution in [-0.4, -0.2) is 61.4 Å². The molecule has 4 rings (SSSR count). The van der Waals surface area contributed by atoms with E-state index in [0.717, 1.165) is 30.7 Å². The molecule has 0 saturated carbocycles. The Hall–Kier alpha value is -2.00. The van der Waals surface area contributed by atoms with Crippen molar-refractivity contribution in [3.63, 3.8) is 0 Å². The van der Waals surface area contributed by atoms with Crippen LogP contribution in [0.15, 0.2) is 30.3 Å². The number of tetrazole rings is 1. The first-order valence-electron chi connectivity index (χ1n) is 8.32. The first-order chi connectivity index (χ1) is 12.0. The molecule has 2 bridgehead atoms. The fraction of sp³-hybridized carbons (Fsp3) is 0.562. The van der Waals surface area contributed by atoms with E-state index in [0.29, 0.717) is 18.6 Å². The van der Waals surface area contributed by atoms with Crippen molar-refractivity contribution in [3.05, 3.63) is 41.7 Å². The third-order valence-corrected chi connectivity index (χ3v) is 4.98. The number of fused-ring (bicyclic) bond motifs is 2. The monoisotopic (exact) mass is 352 g/mol. The number of nitrogens with zero attached hydrogens (tertiary/aromatic N) is 6. The molecule has 2 aliphatic rings. The maximum absolute atomic E-state index is 12.6. The molecule has 0 amide bonds. The van der Waals surface area contributed by atoms with Gasteiger partial charge in [-0.3, -0.25) is 9.80 Å². The number of halogens is 3. The molecule has 0 spiro atoms. The molecule has 0 radical (unpaired) electrons. The Kier molecular flexibility index (Phi) is 4.20. The molecular formula is C16H19F3N6. The lowest BCUT2D eigenvalue weighted by Gasteiger charge is -2.33. The number of benzene rings is 1. The summed E-state index contributed by atoms with van der Waals surface area (Å²) in [6.07, 6.45) is -3.27. The van der Waals surface area contributed by atoms with E-state index in [-0.39, 0.29) is 5.82 Å². The van der Waals surface area contributed by atoms with Gasteiger partial charge in [0.25, 0.3) is 0 Å². The van der Waals surface area contributed by atoms with Gasteiger partial charge in [0.15, 0.2) is 5.82 Å². The summed E-state index contributed by atoms with van der Waals surface area (Å²) in [7, 11) is 0. The molecule has 0 aliphatic carbocycles. The van der Waals surface area contributed by atoms with E-state index in [1.165, 1.54) is 5.56 Å². The SMILES string of the molecule is FC(F)(F)Cn1nnnc1CN1C[C@@H]2C[C@H]1CN2Cc1ccccc1. The Morgan fingerprint density at radius 3 is 2.32 bits per heavy atom. The Bertz CT molecular complexity index is 716. The Labute approximate surface area is 143 Å². The number of hydrogen-bond acceptors (Lipinski definition) is 5. The minimum absolute atomic E-state index is 0.277. The van der Waals surface area contributed by atoms with Gasteiger partial charge in [0.1, 0.15) is 6.54 Å². The van der Waals surface area contributed by atoms with Crippen LogP contribution in [0.25, 0.3) is 0 Å². The molecule has 9 heteroatoms. The number of rotatable bonds is 5. The van der Waals surface area contributed by atoms with Crippen LogP contribution < -0.4 is 0 Å². The van der Waals surface area contributed by atoms with Gasteiger partial charge in [0.2, 0.25) is 0 Å². The van der Waals surface area contributed by atoms with Crippen molar-refractivity contribution in [3.8, 4) is 0 Å². The molecule has 0 unspecified atom stereocenters. The van der Waals surface area contributed by atoms with Crippen molar-refractivity contribution in [1.29, 1.82) is 0 Å². The fourth-order valence-electron chi connectivity index (χ4n) is 3.85. The second-order valence-electron chi connectivity index (χ2n) is 6.76. The third-order valence-electron chi connectivity index (χ3n) is 4.98. The van der Waals surface area contributed by atoms with Crippen LogP contribution in [0.2, 0.25) is 0 Å². The number of hydrogen-bond donors (Lipinski definition) is 0. The zero-order valence-electron chi connectivity index (χ0n) is 13.6. The van der Waals surface area contributed by atoms with Crippen molar-refractivity contribution in [1.82, 2.24) is 30.0 Å². The van der Waals surface area contributed by atoms with E-state index < -0.39 is 12.7 Å². The maximum atomic E-state index is 12.6. The van der Waals surface area contributed by atoms with Crippen LogP contribution in [0.3, 0.4) is 0 Å². The van der Waals surface area contributed by atoms with Crippen molar-refractivity contribution in [2.45, 2.75) is 44.3 Å². The van der Waals surface area contributed by atoms with Gasteiger partial charge in [-0.25, -0.2) is 4.68 Å². The zero-order valence-corrected chi connectivity index (χ0v) is 13.6. The van der Waals surface area contributed by atoms with E-state index in [9.17, 15) is 13.2 Å². The van der Waals surface area contributed by atoms with Gasteiger partial charge < -0.3 is 0 Å². The van der Waals surface area contributed by atoms with Crippen LogP contribution in [0.5, 0.6) is 0 Å². The van der Waals surface area contributed by atoms with Crippen LogP contribution in [0.4, 0.5) is 13.2 Å². The van der Waals surface area contributed by atoms with Gasteiger partial charge in [0.05, 0.1) is 6.54 Å². The predicted molar refractivity (Wildman–Crippen MR) is 83.3 cm³/mol. The first-order valence-corrected chi connectivity index (χ1v) is 8.32. The first kappa shape index (κ1) is 16.5. The van der Waals surface area contributed by atoms with Gasteiger partial charge in [-0.2, -0.15) is 13.2 Å². The molecule has 2 atom stereocenters. The third kappa shape index (κ3) is 3.67. The van der Waals surface area contributed by atoms with Gasteiger partial charge in [-0.1, -0.05) is 30.3 Å². The van der Waals surface area contributed by atoms with Crippen molar-refractivity contribution >= 4 is 0 Å². The molecule has 6 nitrogen and oxygen atoms in total. The van der Waals surface area contributed by atoms with Gasteiger partial charge >= 0.3 is 6.18 Å². The fourth-order valence-corrected chi connectivity index (χ4v) is 3.85. The van der Waals surface area contributed by atoms with Crippen LogP contribution in [0.1, 0.15) is 17.8 Å². The molecule has 2 aromatic rings. The van der Waals surface area contributed by atoms with E-state index in [1.807, 2.05) is 18.2 Å². The summed E-state index contributed by atoms with van der Waals surface area (Å²) in [5.41, 5.74) is 1.29. The van der Waals surface area contributed by atoms with Crippen LogP contribution >= 0.6 is 0 Å². The summed E-state index contributed by atoms with van der Waals surface area (Å²) in [5, 5.41) is 10.7. The minimum Gasteiger partial charge on any atom is -0.293 e. The highest BCUT2D eigenvalue weighted by Crippen LogP contribution is 2.32. The summed E-state index contributed by atoms with van der Waals surface area (Å²) in [4.78, 5) is 4.65. The van der Waals surface area contributed by atoms with E-state index >= 15 is 0 Å². The highest BCUT2D eigenvalue weighted by atomic mass is 19.4. The summed E-state index contributed by atoms with van der Waals surface area (Å²) in [6.45, 7) is 1.92. The lowest BCUT2D eigenvalue weighted by Crippen LogP contribution is -2.45. The minimum atomic E-state index is -4.32. The van der Waals surface area contributed by atoms with Crippen LogP contribution in [0, 0.1) is 0 Å². The smallest absolute Gasteiger partial charge is 0.293 e. The molecule has 2 fully saturated rings. The number of likely N-dealkylation sites (tertiary alicyclic amines) is 2. The van der Waals surface area contributed by atoms with E-state index in [2.05, 4.69) is 37.5 Å². The molecule has 2 saturated heterocycles. The summed E-state index contributed by atoms with van der Waals surface area (Å²) in [6, 6.07) is 11.1. The second-order valence-corrected chi connectivity index (χ2v) is 6.76. The Morgan fingerprint density at radius 2 is 1.68 bits per heavy atom. The van der Waals surface area contributed by atoms with Crippen molar-refractivity contribution in [2.75, 3.05) is 13.1 Å². The number of piperazine rings is 1. The van der Waals surface area contributed by atoms with Crippen LogP contribution in [-0.2, 0) is 19.6 Å². The molecular weight excluding hydrogens is 333 g/mol. The molecule has 134 valence electrons. The highest BCUT2D eigenvalue weighted by Gasteiger charge is 2.43. The molecule has 1 aromatic heterocycles. The second kappa shape index (κ2) is 6.38. The zero-order chi connectivity index (χ0) is 17.4. The van der Waals surface area contributed by atoms with Crippen molar-refractivity contribution in [2.24, 2.45) is 0 Å². The lowest BCUT2D eigenvalue weighted by atomic mass is 10.2. The summed E-state index contributed by atoms with van der Waals surface area (Å²) < 4.78 is 38.6. The quantitative estimate of drug-likeness (QED) is 0.820. The highest BCUT2D eigenvalue weighted by molar-refractivity contribution is 5.15. The van der Waals surface area contributed by atoms with Crippen molar-refractivity contribution < 1.29 is 13.2 Å². The number of aromatic nitrogens is 4. The van der Waals surface area contributed by atoms with Gasteiger partial charge in [0, 0.05) is 31.7 Å². The summed E-state index contributed by atoms with van der Waals surface area (Å²) in [5.74, 6) is 0.277. The average Bonchev–Trinajstić information content (AvgIpc) is 3.24. The Balaban J connectivity index is 1.36. The van der Waals surface area contributed by atoms with Gasteiger partial charge in [-0.05, 0) is 22.4 Å². The van der Waals surface area contributed by atoms with Gasteiger partial charge in [-0.15, -0.1) is 5.10 Å². The van der Waals surface area contributed by atoms with E-state index in [4.69, 9.17) is 0 Å². The maximum Gasteiger partial charge on any atom is 0.408 e. The lowest BCUT2D eigenvalue weighted by molar-refractivity contribution is -0.143. The molecule has 1 aromatic carbocycles. The average molecular weight is 352 g/mol. The standard InChI is InChI=1S/C16H19F3N6/c17-16(18,19)11-25-15(20-21-22-25)10-24-9-13-6-14(24)8-23(13)7-12-4-2-1-3-5-12/h1-5,13-14H,6-11H2/t13-,14-/m0/s1. The number of alkyl halides is 3.